The number of aliphatic hydroxyl groups excluding tert-OH is 1. The average molecular weight is 420 g/mol. The van der Waals surface area contributed by atoms with Gasteiger partial charge < -0.3 is 14.6 Å². The third-order valence-electron chi connectivity index (χ3n) is 7.42. The highest BCUT2D eigenvalue weighted by Crippen LogP contribution is 2.48. The highest BCUT2D eigenvalue weighted by Gasteiger charge is 2.54. The number of carbonyl (C=O) groups is 1. The molecular formula is C25H29N3O3. The van der Waals surface area contributed by atoms with Crippen LogP contribution >= 0.6 is 0 Å². The molecule has 1 aromatic heterocycles. The van der Waals surface area contributed by atoms with Gasteiger partial charge in [0.2, 0.25) is 5.91 Å². The van der Waals surface area contributed by atoms with Gasteiger partial charge in [0.15, 0.2) is 0 Å². The van der Waals surface area contributed by atoms with Gasteiger partial charge in [-0.2, -0.15) is 0 Å². The lowest BCUT2D eigenvalue weighted by Crippen LogP contribution is -2.50. The lowest BCUT2D eigenvalue weighted by Gasteiger charge is -2.35. The zero-order valence-electron chi connectivity index (χ0n) is 18.1. The van der Waals surface area contributed by atoms with Crippen molar-refractivity contribution in [1.29, 1.82) is 0 Å². The van der Waals surface area contributed by atoms with Crippen molar-refractivity contribution in [3.05, 3.63) is 75.2 Å². The third-order valence-corrected chi connectivity index (χ3v) is 7.42. The monoisotopic (exact) mass is 419 g/mol. The first-order valence-electron chi connectivity index (χ1n) is 11.1. The molecular weight excluding hydrogens is 390 g/mol. The van der Waals surface area contributed by atoms with Crippen LogP contribution in [0.5, 0.6) is 0 Å². The van der Waals surface area contributed by atoms with E-state index in [-0.39, 0.29) is 42.0 Å². The van der Waals surface area contributed by atoms with Crippen molar-refractivity contribution in [2.75, 3.05) is 20.2 Å². The normalized spacial score (nSPS) is 27.4. The fourth-order valence-electron chi connectivity index (χ4n) is 5.95. The van der Waals surface area contributed by atoms with Crippen molar-refractivity contribution < 1.29 is 9.90 Å². The predicted octanol–water partition coefficient (Wildman–Crippen LogP) is 2.06. The van der Waals surface area contributed by atoms with E-state index in [2.05, 4.69) is 17.0 Å². The largest absolute Gasteiger partial charge is 0.396 e. The molecule has 3 aliphatic heterocycles. The summed E-state index contributed by atoms with van der Waals surface area (Å²) in [6.45, 7) is 3.71. The van der Waals surface area contributed by atoms with Crippen molar-refractivity contribution >= 4 is 12.0 Å². The highest BCUT2D eigenvalue weighted by atomic mass is 16.3. The molecule has 1 amide bonds. The number of fused-ring (bicyclic) bond motifs is 4. The number of benzene rings is 1. The van der Waals surface area contributed by atoms with Crippen LogP contribution in [0.1, 0.15) is 35.3 Å². The van der Waals surface area contributed by atoms with Gasteiger partial charge >= 0.3 is 0 Å². The first kappa shape index (κ1) is 20.2. The van der Waals surface area contributed by atoms with E-state index in [4.69, 9.17) is 0 Å². The van der Waals surface area contributed by atoms with Crippen LogP contribution in [-0.4, -0.2) is 51.6 Å². The van der Waals surface area contributed by atoms with Gasteiger partial charge in [-0.05, 0) is 43.7 Å². The summed E-state index contributed by atoms with van der Waals surface area (Å²) in [6.07, 6.45) is 4.56. The Morgan fingerprint density at radius 3 is 2.71 bits per heavy atom. The van der Waals surface area contributed by atoms with Crippen molar-refractivity contribution in [3.8, 4) is 0 Å². The number of allylic oxidation sites excluding steroid dienone is 1. The van der Waals surface area contributed by atoms with Crippen LogP contribution in [-0.2, 0) is 24.3 Å². The Kier molecular flexibility index (Phi) is 5.07. The zero-order valence-corrected chi connectivity index (χ0v) is 18.1. The summed E-state index contributed by atoms with van der Waals surface area (Å²) in [5.41, 5.74) is 4.15. The Labute approximate surface area is 182 Å². The summed E-state index contributed by atoms with van der Waals surface area (Å²) in [5.74, 6) is -0.0522. The van der Waals surface area contributed by atoms with Crippen molar-refractivity contribution in [2.24, 2.45) is 11.8 Å². The number of likely N-dealkylation sites (N-methyl/N-ethyl adjacent to an activating group) is 1. The topological polar surface area (TPSA) is 65.8 Å². The smallest absolute Gasteiger partial charge is 0.258 e. The second-order valence-corrected chi connectivity index (χ2v) is 8.97. The van der Waals surface area contributed by atoms with E-state index < -0.39 is 0 Å². The molecule has 0 aliphatic carbocycles. The quantitative estimate of drug-likeness (QED) is 0.827. The van der Waals surface area contributed by atoms with Crippen molar-refractivity contribution in [1.82, 2.24) is 14.4 Å². The van der Waals surface area contributed by atoms with Crippen LogP contribution in [0.3, 0.4) is 0 Å². The maximum Gasteiger partial charge on any atom is 0.258 e. The second-order valence-electron chi connectivity index (χ2n) is 8.97. The molecule has 0 spiro atoms. The molecule has 3 aliphatic rings. The van der Waals surface area contributed by atoms with Gasteiger partial charge in [-0.3, -0.25) is 14.5 Å². The Morgan fingerprint density at radius 1 is 1.19 bits per heavy atom. The van der Waals surface area contributed by atoms with Crippen molar-refractivity contribution in [2.45, 2.75) is 38.5 Å². The lowest BCUT2D eigenvalue weighted by molar-refractivity contribution is -0.138. The molecule has 162 valence electrons. The van der Waals surface area contributed by atoms with E-state index in [1.54, 1.807) is 0 Å². The summed E-state index contributed by atoms with van der Waals surface area (Å²) in [4.78, 5) is 30.6. The van der Waals surface area contributed by atoms with Crippen LogP contribution in [0.4, 0.5) is 0 Å². The maximum atomic E-state index is 13.6. The number of likely N-dealkylation sites (tertiary alicyclic amines) is 1. The molecule has 0 bridgehead atoms. The molecule has 6 nitrogen and oxygen atoms in total. The number of carbonyl (C=O) groups excluding carboxylic acids is 1. The zero-order chi connectivity index (χ0) is 21.7. The molecule has 4 atom stereocenters. The Balaban J connectivity index is 1.45. The van der Waals surface area contributed by atoms with E-state index in [1.807, 2.05) is 59.9 Å². The van der Waals surface area contributed by atoms with E-state index in [1.165, 1.54) is 11.1 Å². The maximum absolute atomic E-state index is 13.6. The summed E-state index contributed by atoms with van der Waals surface area (Å²) < 4.78 is 1.83. The number of hydrogen-bond donors (Lipinski definition) is 1. The number of pyridine rings is 1. The Hall–Kier alpha value is -2.70. The minimum absolute atomic E-state index is 0.00519. The number of aromatic nitrogens is 1. The number of nitrogens with zero attached hydrogens (tertiary/aromatic N) is 3. The number of rotatable bonds is 3. The molecule has 1 fully saturated rings. The van der Waals surface area contributed by atoms with Crippen LogP contribution in [0.25, 0.3) is 6.08 Å². The molecule has 0 radical (unpaired) electrons. The first-order chi connectivity index (χ1) is 15.0. The molecule has 31 heavy (non-hydrogen) atoms. The van der Waals surface area contributed by atoms with Crippen LogP contribution in [0, 0.1) is 11.8 Å². The molecule has 0 saturated carbocycles. The molecule has 1 aromatic carbocycles. The molecule has 4 heterocycles. The summed E-state index contributed by atoms with van der Waals surface area (Å²) >= 11 is 0. The Morgan fingerprint density at radius 2 is 1.97 bits per heavy atom. The van der Waals surface area contributed by atoms with Crippen LogP contribution < -0.4 is 5.56 Å². The summed E-state index contributed by atoms with van der Waals surface area (Å²) in [6, 6.07) is 11.8. The molecule has 2 aromatic rings. The van der Waals surface area contributed by atoms with Gasteiger partial charge in [0.1, 0.15) is 0 Å². The fraction of sp³-hybridized carbons (Fsp3) is 0.440. The minimum atomic E-state index is -0.371. The van der Waals surface area contributed by atoms with Gasteiger partial charge in [0.25, 0.3) is 5.56 Å². The van der Waals surface area contributed by atoms with E-state index in [0.29, 0.717) is 25.2 Å². The lowest BCUT2D eigenvalue weighted by atomic mass is 9.87. The van der Waals surface area contributed by atoms with Crippen LogP contribution in [0.15, 0.2) is 47.3 Å². The van der Waals surface area contributed by atoms with Crippen molar-refractivity contribution in [3.63, 3.8) is 0 Å². The summed E-state index contributed by atoms with van der Waals surface area (Å²) in [7, 11) is 1.97. The first-order valence-corrected chi connectivity index (χ1v) is 11.1. The van der Waals surface area contributed by atoms with Crippen LogP contribution in [0.2, 0.25) is 0 Å². The fourth-order valence-corrected chi connectivity index (χ4v) is 5.95. The van der Waals surface area contributed by atoms with Gasteiger partial charge in [0.05, 0.1) is 12.1 Å². The second kappa shape index (κ2) is 7.77. The molecule has 1 N–H and O–H groups in total. The number of aliphatic hydroxyl groups is 1. The van der Waals surface area contributed by atoms with E-state index in [9.17, 15) is 14.7 Å². The highest BCUT2D eigenvalue weighted by molar-refractivity contribution is 5.83. The van der Waals surface area contributed by atoms with Gasteiger partial charge in [-0.15, -0.1) is 0 Å². The number of hydrogen-bond acceptors (Lipinski definition) is 4. The van der Waals surface area contributed by atoms with E-state index >= 15 is 0 Å². The Bertz CT molecular complexity index is 1110. The van der Waals surface area contributed by atoms with Gasteiger partial charge in [-0.25, -0.2) is 0 Å². The molecule has 6 heteroatoms. The van der Waals surface area contributed by atoms with Gasteiger partial charge in [-0.1, -0.05) is 36.4 Å². The molecule has 1 saturated heterocycles. The van der Waals surface area contributed by atoms with Gasteiger partial charge in [0, 0.05) is 49.3 Å². The van der Waals surface area contributed by atoms with E-state index in [0.717, 1.165) is 12.1 Å². The molecule has 5 rings (SSSR count). The third kappa shape index (κ3) is 3.08. The standard InChI is InChI=1S/C25H29N3O3/c1-3-6-17-9-10-21-22-19(14-28(21)24(17)30)20(15-29)23(26(22)2)25(31)27-12-11-16-7-4-5-8-18(16)13-27/h3-10,19-20,22-23,29H,11-15H2,1-2H3/b6-3-/t19-,20-,22+,23-/m1/s1. The summed E-state index contributed by atoms with van der Waals surface area (Å²) in [5, 5.41) is 10.3. The number of amides is 1. The minimum Gasteiger partial charge on any atom is -0.396 e. The molecule has 0 unspecified atom stereocenters. The average Bonchev–Trinajstić information content (AvgIpc) is 3.30. The SMILES string of the molecule is C/C=C\c1ccc2n(c1=O)C[C@@H]1[C@@H](CO)[C@H](C(=O)N3CCc4ccccc4C3)N(C)[C@H]21. The predicted molar refractivity (Wildman–Crippen MR) is 119 cm³/mol.